The molecule has 2 rings (SSSR count). The summed E-state index contributed by atoms with van der Waals surface area (Å²) in [7, 11) is 0. The van der Waals surface area contributed by atoms with Crippen molar-refractivity contribution in [2.45, 2.75) is 32.9 Å². The number of halogens is 2. The Labute approximate surface area is 126 Å². The average molecular weight is 344 g/mol. The van der Waals surface area contributed by atoms with Gasteiger partial charge in [-0.1, -0.05) is 52.2 Å². The van der Waals surface area contributed by atoms with E-state index in [0.29, 0.717) is 10.7 Å². The molecule has 0 amide bonds. The van der Waals surface area contributed by atoms with Gasteiger partial charge in [0.25, 0.3) is 0 Å². The molecule has 3 nitrogen and oxygen atoms in total. The molecule has 2 aromatic rings. The van der Waals surface area contributed by atoms with Crippen molar-refractivity contribution in [2.24, 2.45) is 0 Å². The van der Waals surface area contributed by atoms with Crippen molar-refractivity contribution in [3.05, 3.63) is 50.7 Å². The molecule has 0 bridgehead atoms. The minimum absolute atomic E-state index is 0.495. The lowest BCUT2D eigenvalue weighted by Crippen LogP contribution is -2.11. The van der Waals surface area contributed by atoms with Crippen LogP contribution in [-0.2, 0) is 6.54 Å². The molecule has 1 unspecified atom stereocenters. The van der Waals surface area contributed by atoms with Crippen molar-refractivity contribution >= 4 is 27.5 Å². The zero-order chi connectivity index (χ0) is 14.0. The van der Waals surface area contributed by atoms with Gasteiger partial charge < -0.3 is 5.11 Å². The molecule has 0 aliphatic carbocycles. The Morgan fingerprint density at radius 2 is 2.21 bits per heavy atom. The predicted octanol–water partition coefficient (Wildman–Crippen LogP) is 4.10. The van der Waals surface area contributed by atoms with Crippen molar-refractivity contribution in [2.75, 3.05) is 0 Å². The molecule has 0 fully saturated rings. The van der Waals surface area contributed by atoms with Crippen LogP contribution in [0.1, 0.15) is 36.3 Å². The lowest BCUT2D eigenvalue weighted by molar-refractivity contribution is 0.206. The highest BCUT2D eigenvalue weighted by Crippen LogP contribution is 2.33. The van der Waals surface area contributed by atoms with Crippen LogP contribution in [0.25, 0.3) is 0 Å². The molecule has 0 aliphatic rings. The predicted molar refractivity (Wildman–Crippen MR) is 80.5 cm³/mol. The number of aliphatic hydroxyl groups excluding tert-OH is 1. The first kappa shape index (κ1) is 14.6. The van der Waals surface area contributed by atoms with Gasteiger partial charge in [0.1, 0.15) is 6.10 Å². The Hall–Kier alpha value is -0.840. The number of aryl methyl sites for hydroxylation is 2. The minimum atomic E-state index is -0.782. The van der Waals surface area contributed by atoms with Crippen LogP contribution in [-0.4, -0.2) is 14.9 Å². The molecule has 1 N–H and O–H groups in total. The molecule has 1 atom stereocenters. The van der Waals surface area contributed by atoms with Gasteiger partial charge in [0, 0.05) is 16.6 Å². The van der Waals surface area contributed by atoms with Crippen LogP contribution in [0.4, 0.5) is 0 Å². The van der Waals surface area contributed by atoms with E-state index in [4.69, 9.17) is 11.6 Å². The van der Waals surface area contributed by atoms with Gasteiger partial charge in [-0.2, -0.15) is 5.10 Å². The molecular weight excluding hydrogens is 328 g/mol. The molecule has 0 saturated carbocycles. The van der Waals surface area contributed by atoms with Gasteiger partial charge in [0.2, 0.25) is 0 Å². The first-order chi connectivity index (χ1) is 9.04. The van der Waals surface area contributed by atoms with E-state index in [2.05, 4.69) is 28.0 Å². The van der Waals surface area contributed by atoms with E-state index in [1.165, 1.54) is 0 Å². The summed E-state index contributed by atoms with van der Waals surface area (Å²) in [5.74, 6) is 0. The number of nitrogens with zero attached hydrogens (tertiary/aromatic N) is 2. The molecule has 0 saturated heterocycles. The Balaban J connectivity index is 2.46. The Bertz CT molecular complexity index is 583. The quantitative estimate of drug-likeness (QED) is 0.907. The van der Waals surface area contributed by atoms with Crippen molar-refractivity contribution in [3.63, 3.8) is 0 Å². The average Bonchev–Trinajstić information content (AvgIpc) is 2.73. The van der Waals surface area contributed by atoms with Crippen molar-refractivity contribution in [1.82, 2.24) is 9.78 Å². The maximum Gasteiger partial charge on any atom is 0.123 e. The Morgan fingerprint density at radius 1 is 1.47 bits per heavy atom. The van der Waals surface area contributed by atoms with Crippen molar-refractivity contribution in [3.8, 4) is 0 Å². The molecular formula is C14H16BrClN2O. The fourth-order valence-electron chi connectivity index (χ4n) is 2.05. The molecule has 0 aliphatic heterocycles. The summed E-state index contributed by atoms with van der Waals surface area (Å²) in [6, 6.07) is 5.88. The van der Waals surface area contributed by atoms with Crippen LogP contribution < -0.4 is 0 Å². The summed E-state index contributed by atoms with van der Waals surface area (Å²) in [4.78, 5) is 0. The van der Waals surface area contributed by atoms with E-state index in [1.54, 1.807) is 10.9 Å². The molecule has 19 heavy (non-hydrogen) atoms. The summed E-state index contributed by atoms with van der Waals surface area (Å²) < 4.78 is 2.63. The van der Waals surface area contributed by atoms with Crippen molar-refractivity contribution < 1.29 is 5.11 Å². The van der Waals surface area contributed by atoms with Crippen LogP contribution in [0.15, 0.2) is 28.9 Å². The van der Waals surface area contributed by atoms with E-state index < -0.39 is 6.10 Å². The van der Waals surface area contributed by atoms with E-state index in [1.807, 2.05) is 25.1 Å². The molecule has 5 heteroatoms. The largest absolute Gasteiger partial charge is 0.382 e. The number of benzene rings is 1. The van der Waals surface area contributed by atoms with Gasteiger partial charge in [0.15, 0.2) is 0 Å². The maximum atomic E-state index is 10.6. The van der Waals surface area contributed by atoms with Gasteiger partial charge in [-0.05, 0) is 19.4 Å². The van der Waals surface area contributed by atoms with Crippen LogP contribution >= 0.6 is 27.5 Å². The van der Waals surface area contributed by atoms with E-state index in [-0.39, 0.29) is 0 Å². The third-order valence-electron chi connectivity index (χ3n) is 2.97. The van der Waals surface area contributed by atoms with Gasteiger partial charge in [0.05, 0.1) is 16.9 Å². The summed E-state index contributed by atoms with van der Waals surface area (Å²) in [5, 5.41) is 15.3. The molecule has 102 valence electrons. The number of rotatable bonds is 4. The summed E-state index contributed by atoms with van der Waals surface area (Å²) >= 11 is 9.63. The topological polar surface area (TPSA) is 38.0 Å². The normalized spacial score (nSPS) is 12.7. The van der Waals surface area contributed by atoms with Gasteiger partial charge >= 0.3 is 0 Å². The fourth-order valence-corrected chi connectivity index (χ4v) is 2.76. The van der Waals surface area contributed by atoms with Gasteiger partial charge in [-0.25, -0.2) is 0 Å². The maximum absolute atomic E-state index is 10.6. The summed E-state index contributed by atoms with van der Waals surface area (Å²) in [5.41, 5.74) is 2.55. The summed E-state index contributed by atoms with van der Waals surface area (Å²) in [6.07, 6.45) is 1.74. The molecule has 0 radical (unpaired) electrons. The third kappa shape index (κ3) is 3.02. The van der Waals surface area contributed by atoms with Crippen LogP contribution in [0.2, 0.25) is 5.02 Å². The first-order valence-electron chi connectivity index (χ1n) is 6.20. The first-order valence-corrected chi connectivity index (χ1v) is 7.37. The van der Waals surface area contributed by atoms with Crippen LogP contribution in [0.3, 0.4) is 0 Å². The highest BCUT2D eigenvalue weighted by atomic mass is 79.9. The second-order valence-corrected chi connectivity index (χ2v) is 5.79. The Morgan fingerprint density at radius 3 is 2.89 bits per heavy atom. The molecule has 1 aromatic heterocycles. The van der Waals surface area contributed by atoms with Gasteiger partial charge in [-0.15, -0.1) is 0 Å². The highest BCUT2D eigenvalue weighted by molar-refractivity contribution is 9.10. The zero-order valence-corrected chi connectivity index (χ0v) is 13.2. The third-order valence-corrected chi connectivity index (χ3v) is 3.99. The zero-order valence-electron chi connectivity index (χ0n) is 10.9. The molecule has 0 spiro atoms. The second kappa shape index (κ2) is 6.07. The molecule has 1 heterocycles. The van der Waals surface area contributed by atoms with Crippen LogP contribution in [0.5, 0.6) is 0 Å². The number of hydrogen-bond donors (Lipinski definition) is 1. The fraction of sp³-hybridized carbons (Fsp3) is 0.357. The minimum Gasteiger partial charge on any atom is -0.382 e. The van der Waals surface area contributed by atoms with E-state index >= 15 is 0 Å². The monoisotopic (exact) mass is 342 g/mol. The van der Waals surface area contributed by atoms with E-state index in [0.717, 1.165) is 28.6 Å². The van der Waals surface area contributed by atoms with E-state index in [9.17, 15) is 5.11 Å². The smallest absolute Gasteiger partial charge is 0.123 e. The SMILES string of the molecule is CCCn1ncc(Cl)c1C(O)c1cc(C)ccc1Br. The number of hydrogen-bond acceptors (Lipinski definition) is 2. The van der Waals surface area contributed by atoms with Crippen LogP contribution in [0, 0.1) is 6.92 Å². The lowest BCUT2D eigenvalue weighted by atomic mass is 10.0. The van der Waals surface area contributed by atoms with Gasteiger partial charge in [-0.3, -0.25) is 4.68 Å². The Kier molecular flexibility index (Phi) is 4.66. The highest BCUT2D eigenvalue weighted by Gasteiger charge is 2.21. The second-order valence-electron chi connectivity index (χ2n) is 4.53. The summed E-state index contributed by atoms with van der Waals surface area (Å²) in [6.45, 7) is 4.80. The van der Waals surface area contributed by atoms with Crippen molar-refractivity contribution in [1.29, 1.82) is 0 Å². The standard InChI is InChI=1S/C14H16BrClN2O/c1-3-6-18-13(12(16)8-17-18)14(19)10-7-9(2)4-5-11(10)15/h4-5,7-8,14,19H,3,6H2,1-2H3. The lowest BCUT2D eigenvalue weighted by Gasteiger charge is -2.16. The molecule has 1 aromatic carbocycles. The number of aliphatic hydroxyl groups is 1. The number of aromatic nitrogens is 2.